The second-order valence-corrected chi connectivity index (χ2v) is 7.80. The number of imidazole rings is 1. The molecule has 0 atom stereocenters. The van der Waals surface area contributed by atoms with E-state index in [4.69, 9.17) is 0 Å². The van der Waals surface area contributed by atoms with Gasteiger partial charge in [0.1, 0.15) is 11.5 Å². The van der Waals surface area contributed by atoms with E-state index in [1.165, 1.54) is 18.3 Å². The molecule has 0 aliphatic rings. The molecule has 4 heterocycles. The van der Waals surface area contributed by atoms with E-state index in [1.54, 1.807) is 19.3 Å². The lowest BCUT2D eigenvalue weighted by molar-refractivity contribution is 0.102. The van der Waals surface area contributed by atoms with Crippen molar-refractivity contribution in [2.24, 2.45) is 0 Å². The molecule has 1 aromatic carbocycles. The second-order valence-electron chi connectivity index (χ2n) is 7.80. The Hall–Kier alpha value is -4.39. The highest BCUT2D eigenvalue weighted by Crippen LogP contribution is 2.29. The number of aromatic nitrogens is 4. The molecular formula is C26H20FN5O. The number of pyridine rings is 3. The van der Waals surface area contributed by atoms with Crippen LogP contribution >= 0.6 is 0 Å². The molecule has 0 unspecified atom stereocenters. The standard InChI is InChI=1S/C26H20FN5O/c1-16-5-7-20(8-6-16)31-26(33)22-12-18(14-29-17(22)2)21-4-3-11-32-24(21)15-30-25(32)23-13-19(27)9-10-28-23/h3-15H,1-2H3,(H,31,33). The number of amides is 1. The molecule has 0 aliphatic heterocycles. The quantitative estimate of drug-likeness (QED) is 0.405. The Balaban J connectivity index is 1.54. The van der Waals surface area contributed by atoms with Crippen LogP contribution in [0.4, 0.5) is 10.1 Å². The van der Waals surface area contributed by atoms with Crippen molar-refractivity contribution in [1.29, 1.82) is 0 Å². The van der Waals surface area contributed by atoms with Crippen molar-refractivity contribution < 1.29 is 9.18 Å². The van der Waals surface area contributed by atoms with Crippen molar-refractivity contribution in [2.75, 3.05) is 5.32 Å². The molecule has 7 heteroatoms. The Morgan fingerprint density at radius 3 is 2.58 bits per heavy atom. The Labute approximate surface area is 189 Å². The lowest BCUT2D eigenvalue weighted by Gasteiger charge is -2.11. The number of benzene rings is 1. The first-order valence-corrected chi connectivity index (χ1v) is 10.4. The van der Waals surface area contributed by atoms with Crippen molar-refractivity contribution in [3.8, 4) is 22.6 Å². The molecule has 0 aliphatic carbocycles. The van der Waals surface area contributed by atoms with E-state index in [-0.39, 0.29) is 11.7 Å². The molecule has 5 rings (SSSR count). The van der Waals surface area contributed by atoms with E-state index < -0.39 is 0 Å². The number of carbonyl (C=O) groups excluding carboxylic acids is 1. The van der Waals surface area contributed by atoms with E-state index >= 15 is 0 Å². The number of carbonyl (C=O) groups is 1. The number of rotatable bonds is 4. The molecule has 4 aromatic heterocycles. The zero-order valence-electron chi connectivity index (χ0n) is 18.1. The highest BCUT2D eigenvalue weighted by Gasteiger charge is 2.16. The molecule has 5 aromatic rings. The van der Waals surface area contributed by atoms with Crippen LogP contribution < -0.4 is 5.32 Å². The van der Waals surface area contributed by atoms with Gasteiger partial charge in [-0.2, -0.15) is 0 Å². The minimum Gasteiger partial charge on any atom is -0.322 e. The monoisotopic (exact) mass is 437 g/mol. The molecule has 33 heavy (non-hydrogen) atoms. The predicted molar refractivity (Wildman–Crippen MR) is 125 cm³/mol. The topological polar surface area (TPSA) is 72.2 Å². The minimum atomic E-state index is -0.375. The molecule has 0 fully saturated rings. The van der Waals surface area contributed by atoms with Crippen LogP contribution in [0.1, 0.15) is 21.6 Å². The Kier molecular flexibility index (Phi) is 5.14. The minimum absolute atomic E-state index is 0.226. The third-order valence-electron chi connectivity index (χ3n) is 5.47. The summed E-state index contributed by atoms with van der Waals surface area (Å²) in [7, 11) is 0. The largest absolute Gasteiger partial charge is 0.322 e. The van der Waals surface area contributed by atoms with E-state index in [1.807, 2.05) is 60.0 Å². The van der Waals surface area contributed by atoms with Crippen molar-refractivity contribution in [3.05, 3.63) is 102 Å². The summed E-state index contributed by atoms with van der Waals surface area (Å²) < 4.78 is 15.6. The summed E-state index contributed by atoms with van der Waals surface area (Å²) in [6.07, 6.45) is 6.71. The van der Waals surface area contributed by atoms with Gasteiger partial charge in [-0.3, -0.25) is 19.2 Å². The molecule has 6 nitrogen and oxygen atoms in total. The van der Waals surface area contributed by atoms with Crippen LogP contribution in [0.3, 0.4) is 0 Å². The maximum absolute atomic E-state index is 13.7. The van der Waals surface area contributed by atoms with E-state index in [9.17, 15) is 9.18 Å². The van der Waals surface area contributed by atoms with Crippen molar-refractivity contribution in [1.82, 2.24) is 19.4 Å². The van der Waals surface area contributed by atoms with Crippen LogP contribution in [-0.2, 0) is 0 Å². The molecule has 0 bridgehead atoms. The van der Waals surface area contributed by atoms with Crippen LogP contribution in [0.25, 0.3) is 28.2 Å². The molecule has 0 saturated heterocycles. The summed E-state index contributed by atoms with van der Waals surface area (Å²) in [6.45, 7) is 3.80. The van der Waals surface area contributed by atoms with Crippen LogP contribution in [-0.4, -0.2) is 25.3 Å². The maximum Gasteiger partial charge on any atom is 0.257 e. The van der Waals surface area contributed by atoms with Gasteiger partial charge in [-0.25, -0.2) is 9.37 Å². The average molecular weight is 437 g/mol. The van der Waals surface area contributed by atoms with Crippen LogP contribution in [0, 0.1) is 19.7 Å². The smallest absolute Gasteiger partial charge is 0.257 e. The third kappa shape index (κ3) is 3.96. The number of aryl methyl sites for hydroxylation is 2. The molecule has 0 saturated carbocycles. The van der Waals surface area contributed by atoms with Gasteiger partial charge in [-0.05, 0) is 44.2 Å². The lowest BCUT2D eigenvalue weighted by Crippen LogP contribution is -2.14. The number of anilines is 1. The fourth-order valence-electron chi connectivity index (χ4n) is 3.73. The second kappa shape index (κ2) is 8.27. The summed E-state index contributed by atoms with van der Waals surface area (Å²) in [4.78, 5) is 26.1. The Morgan fingerprint density at radius 1 is 0.970 bits per heavy atom. The lowest BCUT2D eigenvalue weighted by atomic mass is 10.0. The number of nitrogens with one attached hydrogen (secondary N) is 1. The normalized spacial score (nSPS) is 11.0. The summed E-state index contributed by atoms with van der Waals surface area (Å²) in [5.41, 5.74) is 5.83. The first-order chi connectivity index (χ1) is 16.0. The highest BCUT2D eigenvalue weighted by atomic mass is 19.1. The van der Waals surface area contributed by atoms with Gasteiger partial charge in [0.05, 0.1) is 23.0 Å². The van der Waals surface area contributed by atoms with E-state index in [2.05, 4.69) is 20.3 Å². The van der Waals surface area contributed by atoms with Crippen molar-refractivity contribution in [2.45, 2.75) is 13.8 Å². The van der Waals surface area contributed by atoms with Crippen molar-refractivity contribution >= 4 is 17.1 Å². The number of hydrogen-bond donors (Lipinski definition) is 1. The van der Waals surface area contributed by atoms with Crippen LogP contribution in [0.2, 0.25) is 0 Å². The maximum atomic E-state index is 13.7. The predicted octanol–water partition coefficient (Wildman–Crippen LogP) is 5.47. The average Bonchev–Trinajstić information content (AvgIpc) is 3.25. The Bertz CT molecular complexity index is 1490. The van der Waals surface area contributed by atoms with Gasteiger partial charge >= 0.3 is 0 Å². The number of nitrogens with zero attached hydrogens (tertiary/aromatic N) is 4. The summed E-state index contributed by atoms with van der Waals surface area (Å²) in [5, 5.41) is 2.93. The SMILES string of the molecule is Cc1ccc(NC(=O)c2cc(-c3cccn4c(-c5cc(F)ccn5)ncc34)cnc2C)cc1. The first kappa shape index (κ1) is 20.5. The van der Waals surface area contributed by atoms with E-state index in [0.29, 0.717) is 22.8 Å². The summed E-state index contributed by atoms with van der Waals surface area (Å²) in [5.74, 6) is -0.0700. The molecule has 1 N–H and O–H groups in total. The highest BCUT2D eigenvalue weighted by molar-refractivity contribution is 6.05. The summed E-state index contributed by atoms with van der Waals surface area (Å²) >= 11 is 0. The van der Waals surface area contributed by atoms with Gasteiger partial charge in [-0.15, -0.1) is 0 Å². The van der Waals surface area contributed by atoms with Gasteiger partial charge in [0.25, 0.3) is 5.91 Å². The Morgan fingerprint density at radius 2 is 1.79 bits per heavy atom. The van der Waals surface area contributed by atoms with Crippen LogP contribution in [0.15, 0.2) is 79.4 Å². The fraction of sp³-hybridized carbons (Fsp3) is 0.0769. The molecule has 0 radical (unpaired) electrons. The number of halogens is 1. The fourth-order valence-corrected chi connectivity index (χ4v) is 3.73. The first-order valence-electron chi connectivity index (χ1n) is 10.4. The third-order valence-corrected chi connectivity index (χ3v) is 5.47. The number of fused-ring (bicyclic) bond motifs is 1. The summed E-state index contributed by atoms with van der Waals surface area (Å²) in [6, 6.07) is 15.9. The molecule has 1 amide bonds. The van der Waals surface area contributed by atoms with Gasteiger partial charge in [-0.1, -0.05) is 23.8 Å². The number of hydrogen-bond acceptors (Lipinski definition) is 4. The molecule has 162 valence electrons. The van der Waals surface area contributed by atoms with Gasteiger partial charge in [0.15, 0.2) is 5.82 Å². The zero-order chi connectivity index (χ0) is 22.9. The molecular weight excluding hydrogens is 417 g/mol. The van der Waals surface area contributed by atoms with E-state index in [0.717, 1.165) is 27.9 Å². The van der Waals surface area contributed by atoms with Gasteiger partial charge < -0.3 is 5.32 Å². The van der Waals surface area contributed by atoms with Gasteiger partial charge in [0, 0.05) is 41.5 Å². The molecule has 0 spiro atoms. The zero-order valence-corrected chi connectivity index (χ0v) is 18.1. The van der Waals surface area contributed by atoms with Gasteiger partial charge in [0.2, 0.25) is 0 Å². The van der Waals surface area contributed by atoms with Crippen molar-refractivity contribution in [3.63, 3.8) is 0 Å². The van der Waals surface area contributed by atoms with Crippen LogP contribution in [0.5, 0.6) is 0 Å².